The minimum atomic E-state index is -0.762. The second kappa shape index (κ2) is 5.90. The summed E-state index contributed by atoms with van der Waals surface area (Å²) in [6.07, 6.45) is 1.85. The summed E-state index contributed by atoms with van der Waals surface area (Å²) in [6.45, 7) is 7.93. The number of nitrogens with zero attached hydrogens (tertiary/aromatic N) is 1. The van der Waals surface area contributed by atoms with Crippen LogP contribution in [0.3, 0.4) is 0 Å². The molecule has 1 N–H and O–H groups in total. The minimum absolute atomic E-state index is 0.00866. The Kier molecular flexibility index (Phi) is 4.77. The molecule has 0 aromatic carbocycles. The van der Waals surface area contributed by atoms with Crippen LogP contribution in [-0.4, -0.2) is 34.8 Å². The van der Waals surface area contributed by atoms with Crippen LogP contribution < -0.4 is 5.32 Å². The molecule has 18 heavy (non-hydrogen) atoms. The molecule has 0 spiro atoms. The van der Waals surface area contributed by atoms with Crippen LogP contribution in [0.15, 0.2) is 0 Å². The van der Waals surface area contributed by atoms with Crippen molar-refractivity contribution in [2.24, 2.45) is 0 Å². The number of hydrogen-bond donors (Lipinski definition) is 1. The van der Waals surface area contributed by atoms with Crippen LogP contribution in [0.5, 0.6) is 0 Å². The van der Waals surface area contributed by atoms with Gasteiger partial charge in [0.2, 0.25) is 11.8 Å². The molecule has 4 heteroatoms. The highest BCUT2D eigenvalue weighted by molar-refractivity contribution is 5.99. The molecule has 0 radical (unpaired) electrons. The zero-order valence-electron chi connectivity index (χ0n) is 11.7. The number of nitrogens with one attached hydrogen (secondary N) is 1. The third kappa shape index (κ3) is 2.66. The van der Waals surface area contributed by atoms with Crippen LogP contribution in [0, 0.1) is 11.8 Å². The molecule has 100 valence electrons. The maximum Gasteiger partial charge on any atom is 0.248 e. The van der Waals surface area contributed by atoms with Crippen LogP contribution in [0.2, 0.25) is 0 Å². The van der Waals surface area contributed by atoms with E-state index in [4.69, 9.17) is 0 Å². The van der Waals surface area contributed by atoms with E-state index in [1.54, 1.807) is 18.7 Å². The molecule has 2 unspecified atom stereocenters. The number of carbonyl (C=O) groups is 2. The Hall–Kier alpha value is -1.50. The van der Waals surface area contributed by atoms with Gasteiger partial charge in [-0.2, -0.15) is 0 Å². The van der Waals surface area contributed by atoms with Gasteiger partial charge in [-0.1, -0.05) is 13.8 Å². The molecule has 1 heterocycles. The molecule has 0 aliphatic carbocycles. The smallest absolute Gasteiger partial charge is 0.248 e. The van der Waals surface area contributed by atoms with Crippen molar-refractivity contribution in [1.82, 2.24) is 10.2 Å². The highest BCUT2D eigenvalue weighted by Crippen LogP contribution is 2.22. The lowest BCUT2D eigenvalue weighted by Crippen LogP contribution is -2.68. The van der Waals surface area contributed by atoms with Crippen LogP contribution in [0.4, 0.5) is 0 Å². The second-order valence-corrected chi connectivity index (χ2v) is 4.77. The van der Waals surface area contributed by atoms with Crippen LogP contribution in [0.25, 0.3) is 0 Å². The van der Waals surface area contributed by atoms with E-state index in [2.05, 4.69) is 17.2 Å². The summed E-state index contributed by atoms with van der Waals surface area (Å²) < 4.78 is 0. The highest BCUT2D eigenvalue weighted by Gasteiger charge is 2.45. The molecule has 1 fully saturated rings. The lowest BCUT2D eigenvalue weighted by Gasteiger charge is -2.43. The minimum Gasteiger partial charge on any atom is -0.340 e. The maximum absolute atomic E-state index is 12.5. The first-order chi connectivity index (χ1) is 8.50. The van der Waals surface area contributed by atoms with Gasteiger partial charge >= 0.3 is 0 Å². The Balaban J connectivity index is 2.93. The van der Waals surface area contributed by atoms with Crippen molar-refractivity contribution < 1.29 is 9.59 Å². The van der Waals surface area contributed by atoms with Crippen molar-refractivity contribution in [1.29, 1.82) is 0 Å². The van der Waals surface area contributed by atoms with E-state index in [1.807, 2.05) is 13.8 Å². The first-order valence-electron chi connectivity index (χ1n) is 6.52. The van der Waals surface area contributed by atoms with Crippen LogP contribution >= 0.6 is 0 Å². The third-order valence-electron chi connectivity index (χ3n) is 3.56. The van der Waals surface area contributed by atoms with E-state index in [0.29, 0.717) is 25.8 Å². The molecule has 4 nitrogen and oxygen atoms in total. The summed E-state index contributed by atoms with van der Waals surface area (Å²) in [7, 11) is 0. The summed E-state index contributed by atoms with van der Waals surface area (Å²) in [5.74, 6) is 5.72. The van der Waals surface area contributed by atoms with E-state index in [1.165, 1.54) is 0 Å². The zero-order chi connectivity index (χ0) is 13.8. The fraction of sp³-hybridized carbons (Fsp3) is 0.714. The van der Waals surface area contributed by atoms with E-state index in [9.17, 15) is 9.59 Å². The molecule has 2 amide bonds. The van der Waals surface area contributed by atoms with Crippen molar-refractivity contribution in [2.75, 3.05) is 6.54 Å². The number of rotatable bonds is 4. The maximum atomic E-state index is 12.5. The van der Waals surface area contributed by atoms with Crippen LogP contribution in [-0.2, 0) is 9.59 Å². The summed E-state index contributed by atoms with van der Waals surface area (Å²) in [6, 6.07) is -0.351. The first kappa shape index (κ1) is 14.6. The van der Waals surface area contributed by atoms with Gasteiger partial charge in [0.05, 0.1) is 0 Å². The van der Waals surface area contributed by atoms with Crippen molar-refractivity contribution in [3.05, 3.63) is 0 Å². The van der Waals surface area contributed by atoms with E-state index < -0.39 is 5.54 Å². The number of carbonyl (C=O) groups excluding carboxylic acids is 2. The third-order valence-corrected chi connectivity index (χ3v) is 3.56. The average Bonchev–Trinajstić information content (AvgIpc) is 2.35. The lowest BCUT2D eigenvalue weighted by atomic mass is 9.91. The van der Waals surface area contributed by atoms with Gasteiger partial charge in [0.25, 0.3) is 0 Å². The molecule has 0 saturated carbocycles. The fourth-order valence-electron chi connectivity index (χ4n) is 2.21. The van der Waals surface area contributed by atoms with E-state index >= 15 is 0 Å². The molecule has 1 aliphatic rings. The Labute approximate surface area is 109 Å². The van der Waals surface area contributed by atoms with E-state index in [0.717, 1.165) is 0 Å². The molecule has 0 aromatic rings. The molecule has 1 aliphatic heterocycles. The van der Waals surface area contributed by atoms with Crippen molar-refractivity contribution in [2.45, 2.75) is 58.5 Å². The monoisotopic (exact) mass is 250 g/mol. The molecule has 0 bridgehead atoms. The van der Waals surface area contributed by atoms with Crippen molar-refractivity contribution >= 4 is 11.8 Å². The molecule has 2 atom stereocenters. The Bertz CT molecular complexity index is 394. The Morgan fingerprint density at radius 1 is 1.39 bits per heavy atom. The number of hydrogen-bond acceptors (Lipinski definition) is 2. The van der Waals surface area contributed by atoms with Gasteiger partial charge in [0.15, 0.2) is 0 Å². The SMILES string of the molecule is CC#CCCN1C(=O)C(C)(CC)NC(=O)C1CC. The van der Waals surface area contributed by atoms with Gasteiger partial charge in [-0.3, -0.25) is 9.59 Å². The summed E-state index contributed by atoms with van der Waals surface area (Å²) >= 11 is 0. The molecular weight excluding hydrogens is 228 g/mol. The number of piperazine rings is 1. The topological polar surface area (TPSA) is 49.4 Å². The van der Waals surface area contributed by atoms with Crippen molar-refractivity contribution in [3.8, 4) is 11.8 Å². The normalized spacial score (nSPS) is 27.6. The standard InChI is InChI=1S/C14H22N2O2/c1-5-8-9-10-16-11(6-2)12(17)15-14(4,7-3)13(16)18/h11H,6-7,9-10H2,1-4H3,(H,15,17). The molecule has 0 aromatic heterocycles. The zero-order valence-corrected chi connectivity index (χ0v) is 11.7. The van der Waals surface area contributed by atoms with Gasteiger partial charge in [0.1, 0.15) is 11.6 Å². The second-order valence-electron chi connectivity index (χ2n) is 4.77. The summed E-state index contributed by atoms with van der Waals surface area (Å²) in [5, 5.41) is 2.85. The highest BCUT2D eigenvalue weighted by atomic mass is 16.2. The quantitative estimate of drug-likeness (QED) is 0.765. The van der Waals surface area contributed by atoms with Gasteiger partial charge in [0, 0.05) is 13.0 Å². The largest absolute Gasteiger partial charge is 0.340 e. The number of amides is 2. The molecule has 1 saturated heterocycles. The van der Waals surface area contributed by atoms with Crippen LogP contribution in [0.1, 0.15) is 47.0 Å². The fourth-order valence-corrected chi connectivity index (χ4v) is 2.21. The average molecular weight is 250 g/mol. The lowest BCUT2D eigenvalue weighted by molar-refractivity contribution is -0.154. The summed E-state index contributed by atoms with van der Waals surface area (Å²) in [4.78, 5) is 26.2. The van der Waals surface area contributed by atoms with E-state index in [-0.39, 0.29) is 17.9 Å². The molecular formula is C14H22N2O2. The Morgan fingerprint density at radius 2 is 2.06 bits per heavy atom. The van der Waals surface area contributed by atoms with Gasteiger partial charge in [-0.05, 0) is 26.7 Å². The van der Waals surface area contributed by atoms with Gasteiger partial charge in [-0.25, -0.2) is 0 Å². The Morgan fingerprint density at radius 3 is 2.56 bits per heavy atom. The van der Waals surface area contributed by atoms with Gasteiger partial charge < -0.3 is 10.2 Å². The summed E-state index contributed by atoms with van der Waals surface area (Å²) in [5.41, 5.74) is -0.762. The predicted octanol–water partition coefficient (Wildman–Crippen LogP) is 1.31. The molecule has 1 rings (SSSR count). The predicted molar refractivity (Wildman–Crippen MR) is 70.7 cm³/mol. The first-order valence-corrected chi connectivity index (χ1v) is 6.52. The van der Waals surface area contributed by atoms with Gasteiger partial charge in [-0.15, -0.1) is 11.8 Å². The van der Waals surface area contributed by atoms with Crippen molar-refractivity contribution in [3.63, 3.8) is 0 Å².